The molecule has 1 aromatic heterocycles. The van der Waals surface area contributed by atoms with Crippen LogP contribution in [0.2, 0.25) is 0 Å². The maximum atomic E-state index is 12.6. The van der Waals surface area contributed by atoms with E-state index in [0.717, 1.165) is 11.3 Å². The minimum Gasteiger partial charge on any atom is -0.454 e. The maximum Gasteiger partial charge on any atom is 0.241 e. The van der Waals surface area contributed by atoms with Crippen LogP contribution in [0.4, 0.5) is 5.69 Å². The lowest BCUT2D eigenvalue weighted by Gasteiger charge is -2.24. The summed E-state index contributed by atoms with van der Waals surface area (Å²) in [6.45, 7) is 2.16. The van der Waals surface area contributed by atoms with Gasteiger partial charge < -0.3 is 9.47 Å². The Morgan fingerprint density at radius 2 is 2.14 bits per heavy atom. The summed E-state index contributed by atoms with van der Waals surface area (Å²) in [5, 5.41) is -0.160. The van der Waals surface area contributed by atoms with Gasteiger partial charge in [0.1, 0.15) is 5.37 Å². The molecule has 1 amide bonds. The topological polar surface area (TPSA) is 51.7 Å². The van der Waals surface area contributed by atoms with Crippen LogP contribution >= 0.6 is 11.8 Å². The summed E-state index contributed by atoms with van der Waals surface area (Å²) in [6, 6.07) is 9.49. The molecular formula is C16H14N2O3S. The fourth-order valence-electron chi connectivity index (χ4n) is 2.67. The van der Waals surface area contributed by atoms with Gasteiger partial charge in [-0.25, -0.2) is 0 Å². The highest BCUT2D eigenvalue weighted by Gasteiger charge is 2.40. The Hall–Kier alpha value is -2.21. The van der Waals surface area contributed by atoms with Crippen molar-refractivity contribution < 1.29 is 14.3 Å². The van der Waals surface area contributed by atoms with Crippen molar-refractivity contribution in [1.29, 1.82) is 0 Å². The second kappa shape index (κ2) is 5.21. The highest BCUT2D eigenvalue weighted by molar-refractivity contribution is 8.01. The number of anilines is 1. The van der Waals surface area contributed by atoms with Gasteiger partial charge in [0.05, 0.1) is 5.25 Å². The van der Waals surface area contributed by atoms with Gasteiger partial charge in [0.2, 0.25) is 12.7 Å². The van der Waals surface area contributed by atoms with E-state index in [-0.39, 0.29) is 23.3 Å². The van der Waals surface area contributed by atoms with E-state index >= 15 is 0 Å². The third kappa shape index (κ3) is 2.11. The van der Waals surface area contributed by atoms with Crippen molar-refractivity contribution in [3.63, 3.8) is 0 Å². The Bertz CT molecular complexity index is 723. The fourth-order valence-corrected chi connectivity index (χ4v) is 3.93. The van der Waals surface area contributed by atoms with Crippen LogP contribution in [0.15, 0.2) is 42.7 Å². The average molecular weight is 314 g/mol. The van der Waals surface area contributed by atoms with Crippen LogP contribution in [0.1, 0.15) is 17.9 Å². The molecule has 1 aromatic carbocycles. The van der Waals surface area contributed by atoms with E-state index in [1.165, 1.54) is 0 Å². The summed E-state index contributed by atoms with van der Waals surface area (Å²) in [4.78, 5) is 18.6. The average Bonchev–Trinajstić information content (AvgIpc) is 3.13. The Labute approximate surface area is 132 Å². The predicted molar refractivity (Wildman–Crippen MR) is 84.1 cm³/mol. The number of amides is 1. The van der Waals surface area contributed by atoms with Gasteiger partial charge in [-0.05, 0) is 25.1 Å². The highest BCUT2D eigenvalue weighted by Crippen LogP contribution is 2.47. The van der Waals surface area contributed by atoms with Crippen LogP contribution in [0.25, 0.3) is 0 Å². The molecule has 1 fully saturated rings. The van der Waals surface area contributed by atoms with Crippen molar-refractivity contribution in [2.24, 2.45) is 0 Å². The van der Waals surface area contributed by atoms with E-state index < -0.39 is 0 Å². The van der Waals surface area contributed by atoms with Crippen LogP contribution in [-0.2, 0) is 4.79 Å². The first kappa shape index (κ1) is 13.5. The summed E-state index contributed by atoms with van der Waals surface area (Å²) in [5.41, 5.74) is 1.84. The molecule has 0 N–H and O–H groups in total. The first-order chi connectivity index (χ1) is 10.7. The van der Waals surface area contributed by atoms with Crippen LogP contribution in [0, 0.1) is 0 Å². The molecule has 0 radical (unpaired) electrons. The van der Waals surface area contributed by atoms with Gasteiger partial charge in [0.15, 0.2) is 11.5 Å². The van der Waals surface area contributed by atoms with Crippen molar-refractivity contribution in [1.82, 2.24) is 4.98 Å². The number of ether oxygens (including phenoxy) is 2. The lowest BCUT2D eigenvalue weighted by molar-refractivity contribution is -0.117. The van der Waals surface area contributed by atoms with E-state index in [9.17, 15) is 4.79 Å². The zero-order chi connectivity index (χ0) is 15.1. The van der Waals surface area contributed by atoms with E-state index in [4.69, 9.17) is 9.47 Å². The third-order valence-electron chi connectivity index (χ3n) is 3.76. The molecule has 1 saturated heterocycles. The molecule has 0 bridgehead atoms. The van der Waals surface area contributed by atoms with Crippen molar-refractivity contribution in [2.75, 3.05) is 11.7 Å². The largest absolute Gasteiger partial charge is 0.454 e. The number of benzene rings is 1. The molecule has 2 aliphatic rings. The monoisotopic (exact) mass is 314 g/mol. The van der Waals surface area contributed by atoms with Crippen LogP contribution in [0.3, 0.4) is 0 Å². The number of pyridine rings is 1. The van der Waals surface area contributed by atoms with Gasteiger partial charge in [-0.3, -0.25) is 14.7 Å². The minimum absolute atomic E-state index is 0.0726. The van der Waals surface area contributed by atoms with Crippen LogP contribution in [0.5, 0.6) is 11.5 Å². The molecule has 5 nitrogen and oxygen atoms in total. The van der Waals surface area contributed by atoms with Gasteiger partial charge in [-0.1, -0.05) is 6.07 Å². The SMILES string of the molecule is CC1SC(c2cccnc2)N(c2ccc3c(c2)OCO3)C1=O. The predicted octanol–water partition coefficient (Wildman–Crippen LogP) is 2.98. The lowest BCUT2D eigenvalue weighted by atomic mass is 10.2. The Morgan fingerprint density at radius 1 is 1.27 bits per heavy atom. The minimum atomic E-state index is -0.0874. The Kier molecular flexibility index (Phi) is 3.18. The number of aromatic nitrogens is 1. The van der Waals surface area contributed by atoms with Crippen LogP contribution < -0.4 is 14.4 Å². The first-order valence-electron chi connectivity index (χ1n) is 7.02. The number of carbonyl (C=O) groups is 1. The summed E-state index contributed by atoms with van der Waals surface area (Å²) < 4.78 is 10.8. The van der Waals surface area contributed by atoms with E-state index in [1.54, 1.807) is 18.0 Å². The Balaban J connectivity index is 1.75. The lowest BCUT2D eigenvalue weighted by Crippen LogP contribution is -2.30. The van der Waals surface area contributed by atoms with Gasteiger partial charge in [0, 0.05) is 29.7 Å². The molecule has 22 heavy (non-hydrogen) atoms. The number of hydrogen-bond donors (Lipinski definition) is 0. The van der Waals surface area contributed by atoms with Crippen molar-refractivity contribution >= 4 is 23.4 Å². The van der Waals surface area contributed by atoms with Gasteiger partial charge in [0.25, 0.3) is 0 Å². The molecule has 0 aliphatic carbocycles. The highest BCUT2D eigenvalue weighted by atomic mass is 32.2. The number of carbonyl (C=O) groups excluding carboxylic acids is 1. The molecular weight excluding hydrogens is 300 g/mol. The van der Waals surface area contributed by atoms with Crippen molar-refractivity contribution in [3.8, 4) is 11.5 Å². The quantitative estimate of drug-likeness (QED) is 0.853. The number of nitrogens with zero attached hydrogens (tertiary/aromatic N) is 2. The van der Waals surface area contributed by atoms with Crippen LogP contribution in [-0.4, -0.2) is 22.9 Å². The van der Waals surface area contributed by atoms with Gasteiger partial charge >= 0.3 is 0 Å². The number of rotatable bonds is 2. The molecule has 0 spiro atoms. The summed E-state index contributed by atoms with van der Waals surface area (Å²) in [5.74, 6) is 1.49. The molecule has 0 saturated carbocycles. The van der Waals surface area contributed by atoms with Crippen molar-refractivity contribution in [2.45, 2.75) is 17.5 Å². The normalized spacial score (nSPS) is 23.1. The molecule has 112 valence electrons. The van der Waals surface area contributed by atoms with E-state index in [2.05, 4.69) is 4.98 Å². The smallest absolute Gasteiger partial charge is 0.241 e. The van der Waals surface area contributed by atoms with Gasteiger partial charge in [-0.15, -0.1) is 11.8 Å². The number of thioether (sulfide) groups is 1. The number of fused-ring (bicyclic) bond motifs is 1. The molecule has 2 aliphatic heterocycles. The maximum absolute atomic E-state index is 12.6. The zero-order valence-corrected chi connectivity index (χ0v) is 12.7. The zero-order valence-electron chi connectivity index (χ0n) is 11.9. The molecule has 2 aromatic rings. The molecule has 2 unspecified atom stereocenters. The van der Waals surface area contributed by atoms with Crippen molar-refractivity contribution in [3.05, 3.63) is 48.3 Å². The summed E-state index contributed by atoms with van der Waals surface area (Å²) in [7, 11) is 0. The third-order valence-corrected chi connectivity index (χ3v) is 5.11. The second-order valence-electron chi connectivity index (χ2n) is 5.16. The summed E-state index contributed by atoms with van der Waals surface area (Å²) >= 11 is 1.63. The first-order valence-corrected chi connectivity index (χ1v) is 7.96. The standard InChI is InChI=1S/C16H14N2O3S/c1-10-15(19)18(16(22-10)11-3-2-6-17-8-11)12-4-5-13-14(7-12)21-9-20-13/h2-8,10,16H,9H2,1H3. The Morgan fingerprint density at radius 3 is 2.95 bits per heavy atom. The fraction of sp³-hybridized carbons (Fsp3) is 0.250. The number of hydrogen-bond acceptors (Lipinski definition) is 5. The molecule has 2 atom stereocenters. The summed E-state index contributed by atoms with van der Waals surface area (Å²) in [6.07, 6.45) is 3.54. The molecule has 3 heterocycles. The van der Waals surface area contributed by atoms with Gasteiger partial charge in [-0.2, -0.15) is 0 Å². The van der Waals surface area contributed by atoms with E-state index in [1.807, 2.05) is 48.4 Å². The molecule has 4 rings (SSSR count). The van der Waals surface area contributed by atoms with E-state index in [0.29, 0.717) is 11.5 Å². The molecule has 6 heteroatoms. The second-order valence-corrected chi connectivity index (χ2v) is 6.59.